The highest BCUT2D eigenvalue weighted by atomic mass is 79.9. The molecule has 1 aromatic heterocycles. The van der Waals surface area contributed by atoms with E-state index in [1.54, 1.807) is 11.3 Å². The molecule has 0 saturated heterocycles. The Bertz CT molecular complexity index is 409. The largest absolute Gasteiger partial charge is 0.349 e. The van der Waals surface area contributed by atoms with Crippen molar-refractivity contribution in [1.29, 1.82) is 0 Å². The van der Waals surface area contributed by atoms with Crippen LogP contribution in [0.15, 0.2) is 6.07 Å². The number of rotatable bonds is 4. The lowest BCUT2D eigenvalue weighted by Gasteiger charge is -2.18. The van der Waals surface area contributed by atoms with E-state index in [-0.39, 0.29) is 11.9 Å². The molecule has 0 aliphatic carbocycles. The Morgan fingerprint density at radius 3 is 3.00 bits per heavy atom. The molecule has 0 aromatic carbocycles. The molecule has 18 heavy (non-hydrogen) atoms. The molecule has 0 saturated carbocycles. The molecule has 0 fully saturated rings. The molecule has 0 spiro atoms. The minimum atomic E-state index is 0.0831. The van der Waals surface area contributed by atoms with Crippen molar-refractivity contribution in [3.8, 4) is 0 Å². The van der Waals surface area contributed by atoms with Crippen LogP contribution in [0.2, 0.25) is 0 Å². The van der Waals surface area contributed by atoms with E-state index in [9.17, 15) is 4.79 Å². The third kappa shape index (κ3) is 3.31. The van der Waals surface area contributed by atoms with E-state index in [1.165, 1.54) is 16.2 Å². The molecule has 2 rings (SSSR count). The summed E-state index contributed by atoms with van der Waals surface area (Å²) in [4.78, 5) is 14.4. The number of aryl methyl sites for hydroxylation is 1. The van der Waals surface area contributed by atoms with Gasteiger partial charge in [-0.3, -0.25) is 4.79 Å². The topological polar surface area (TPSA) is 29.1 Å². The molecule has 1 N–H and O–H groups in total. The first-order valence-electron chi connectivity index (χ1n) is 6.18. The third-order valence-corrected chi connectivity index (χ3v) is 6.57. The van der Waals surface area contributed by atoms with Crippen molar-refractivity contribution in [2.24, 2.45) is 5.92 Å². The number of thiophene rings is 1. The van der Waals surface area contributed by atoms with Crippen molar-refractivity contribution in [3.05, 3.63) is 21.4 Å². The molecule has 2 nitrogen and oxygen atoms in total. The number of alkyl halides is 1. The van der Waals surface area contributed by atoms with Gasteiger partial charge in [-0.05, 0) is 36.6 Å². The van der Waals surface area contributed by atoms with Gasteiger partial charge >= 0.3 is 0 Å². The molecule has 0 radical (unpaired) electrons. The van der Waals surface area contributed by atoms with E-state index >= 15 is 0 Å². The monoisotopic (exact) mass is 347 g/mol. The highest BCUT2D eigenvalue weighted by Crippen LogP contribution is 2.31. The highest BCUT2D eigenvalue weighted by molar-refractivity contribution is 9.09. The minimum Gasteiger partial charge on any atom is -0.349 e. The van der Waals surface area contributed by atoms with Gasteiger partial charge in [0, 0.05) is 22.0 Å². The molecular weight excluding hydrogens is 330 g/mol. The number of halogens is 1. The van der Waals surface area contributed by atoms with Crippen LogP contribution in [0, 0.1) is 5.92 Å². The SMILES string of the molecule is CC(CBr)C(C)NC(=O)c1cc2c(s1)CCSC2. The van der Waals surface area contributed by atoms with Crippen molar-refractivity contribution in [1.82, 2.24) is 5.32 Å². The first kappa shape index (κ1) is 14.4. The predicted octanol–water partition coefficient (Wildman–Crippen LogP) is 3.69. The van der Waals surface area contributed by atoms with Crippen LogP contribution in [0.25, 0.3) is 0 Å². The molecule has 5 heteroatoms. The second-order valence-corrected chi connectivity index (χ2v) is 7.64. The van der Waals surface area contributed by atoms with Gasteiger partial charge in [-0.25, -0.2) is 0 Å². The van der Waals surface area contributed by atoms with Crippen molar-refractivity contribution >= 4 is 44.9 Å². The van der Waals surface area contributed by atoms with Crippen LogP contribution in [0.3, 0.4) is 0 Å². The molecule has 2 unspecified atom stereocenters. The zero-order valence-corrected chi connectivity index (χ0v) is 13.9. The fourth-order valence-electron chi connectivity index (χ4n) is 1.81. The summed E-state index contributed by atoms with van der Waals surface area (Å²) in [7, 11) is 0. The van der Waals surface area contributed by atoms with Gasteiger partial charge in [0.15, 0.2) is 0 Å². The van der Waals surface area contributed by atoms with E-state index in [4.69, 9.17) is 0 Å². The van der Waals surface area contributed by atoms with Crippen LogP contribution in [-0.2, 0) is 12.2 Å². The smallest absolute Gasteiger partial charge is 0.261 e. The van der Waals surface area contributed by atoms with Gasteiger partial charge in [0.05, 0.1) is 4.88 Å². The number of carbonyl (C=O) groups excluding carboxylic acids is 1. The van der Waals surface area contributed by atoms with Crippen molar-refractivity contribution in [3.63, 3.8) is 0 Å². The van der Waals surface area contributed by atoms with E-state index < -0.39 is 0 Å². The van der Waals surface area contributed by atoms with Crippen LogP contribution in [0.4, 0.5) is 0 Å². The molecule has 0 bridgehead atoms. The zero-order chi connectivity index (χ0) is 13.1. The van der Waals surface area contributed by atoms with Gasteiger partial charge in [-0.15, -0.1) is 11.3 Å². The van der Waals surface area contributed by atoms with E-state index in [0.717, 1.165) is 22.4 Å². The number of thioether (sulfide) groups is 1. The van der Waals surface area contributed by atoms with Crippen molar-refractivity contribution in [2.75, 3.05) is 11.1 Å². The summed E-state index contributed by atoms with van der Waals surface area (Å²) in [5.74, 6) is 2.77. The number of nitrogens with one attached hydrogen (secondary N) is 1. The third-order valence-electron chi connectivity index (χ3n) is 3.31. The Labute approximate surface area is 125 Å². The van der Waals surface area contributed by atoms with Gasteiger partial charge in [-0.2, -0.15) is 11.8 Å². The maximum Gasteiger partial charge on any atom is 0.261 e. The molecule has 1 aliphatic rings. The lowest BCUT2D eigenvalue weighted by molar-refractivity contribution is 0.0935. The van der Waals surface area contributed by atoms with Crippen LogP contribution in [0.1, 0.15) is 34.0 Å². The Hall–Kier alpha value is -0.000000000000000111. The van der Waals surface area contributed by atoms with Gasteiger partial charge in [0.2, 0.25) is 0 Å². The fraction of sp³-hybridized carbons (Fsp3) is 0.615. The molecule has 1 aliphatic heterocycles. The first-order valence-corrected chi connectivity index (χ1v) is 9.27. The summed E-state index contributed by atoms with van der Waals surface area (Å²) < 4.78 is 0. The van der Waals surface area contributed by atoms with Crippen molar-refractivity contribution < 1.29 is 4.79 Å². The summed E-state index contributed by atoms with van der Waals surface area (Å²) in [6.07, 6.45) is 1.12. The molecule has 2 heterocycles. The number of amides is 1. The van der Waals surface area contributed by atoms with Crippen molar-refractivity contribution in [2.45, 2.75) is 32.1 Å². The summed E-state index contributed by atoms with van der Waals surface area (Å²) in [5.41, 5.74) is 1.36. The van der Waals surface area contributed by atoms with Crippen LogP contribution >= 0.6 is 39.0 Å². The maximum absolute atomic E-state index is 12.2. The minimum absolute atomic E-state index is 0.0831. The van der Waals surface area contributed by atoms with Gasteiger partial charge in [0.1, 0.15) is 0 Å². The predicted molar refractivity (Wildman–Crippen MR) is 84.1 cm³/mol. The number of carbonyl (C=O) groups is 1. The van der Waals surface area contributed by atoms with Gasteiger partial charge < -0.3 is 5.32 Å². The highest BCUT2D eigenvalue weighted by Gasteiger charge is 2.20. The van der Waals surface area contributed by atoms with Crippen LogP contribution in [-0.4, -0.2) is 23.0 Å². The van der Waals surface area contributed by atoms with E-state index in [2.05, 4.69) is 41.2 Å². The van der Waals surface area contributed by atoms with E-state index in [0.29, 0.717) is 5.92 Å². The summed E-state index contributed by atoms with van der Waals surface area (Å²) >= 11 is 7.08. The Morgan fingerprint density at radius 1 is 1.56 bits per heavy atom. The van der Waals surface area contributed by atoms with Gasteiger partial charge in [0.25, 0.3) is 5.91 Å². The number of hydrogen-bond acceptors (Lipinski definition) is 3. The number of hydrogen-bond donors (Lipinski definition) is 1. The molecular formula is C13H18BrNOS2. The fourth-order valence-corrected chi connectivity index (χ4v) is 4.65. The summed E-state index contributed by atoms with van der Waals surface area (Å²) in [6, 6.07) is 2.28. The standard InChI is InChI=1S/C13H18BrNOS2/c1-8(6-14)9(2)15-13(16)12-5-10-7-17-4-3-11(10)18-12/h5,8-9H,3-4,6-7H2,1-2H3,(H,15,16). The van der Waals surface area contributed by atoms with Crippen LogP contribution in [0.5, 0.6) is 0 Å². The molecule has 2 atom stereocenters. The quantitative estimate of drug-likeness (QED) is 0.841. The molecule has 100 valence electrons. The Kier molecular flexibility index (Phi) is 5.15. The molecule has 1 aromatic rings. The molecule has 1 amide bonds. The lowest BCUT2D eigenvalue weighted by Crippen LogP contribution is -2.37. The maximum atomic E-state index is 12.2. The normalized spacial score (nSPS) is 17.9. The second kappa shape index (κ2) is 6.44. The average Bonchev–Trinajstić information content (AvgIpc) is 2.81. The number of fused-ring (bicyclic) bond motifs is 1. The Morgan fingerprint density at radius 2 is 2.33 bits per heavy atom. The van der Waals surface area contributed by atoms with Crippen LogP contribution < -0.4 is 5.32 Å². The average molecular weight is 348 g/mol. The summed E-state index contributed by atoms with van der Waals surface area (Å²) in [6.45, 7) is 4.20. The first-order chi connectivity index (χ1) is 8.61. The summed E-state index contributed by atoms with van der Waals surface area (Å²) in [5, 5.41) is 4.00. The van der Waals surface area contributed by atoms with Gasteiger partial charge in [-0.1, -0.05) is 22.9 Å². The zero-order valence-electron chi connectivity index (χ0n) is 10.7. The second-order valence-electron chi connectivity index (χ2n) is 4.76. The van der Waals surface area contributed by atoms with E-state index in [1.807, 2.05) is 11.8 Å². The Balaban J connectivity index is 2.03. The lowest BCUT2D eigenvalue weighted by atomic mass is 10.1.